The Balaban J connectivity index is 1.16. The van der Waals surface area contributed by atoms with Gasteiger partial charge in [-0.1, -0.05) is 35.5 Å². The molecular weight excluding hydrogens is 364 g/mol. The number of amides is 1. The average molecular weight is 397 g/mol. The topological polar surface area (TPSA) is 52.8 Å². The first kappa shape index (κ1) is 20.1. The van der Waals surface area contributed by atoms with Gasteiger partial charge in [-0.25, -0.2) is 0 Å². The van der Waals surface area contributed by atoms with Crippen LogP contribution in [0.4, 0.5) is 0 Å². The Morgan fingerprint density at radius 1 is 1.03 bits per heavy atom. The highest BCUT2D eigenvalue weighted by molar-refractivity contribution is 5.78. The van der Waals surface area contributed by atoms with Crippen molar-refractivity contribution in [3.63, 3.8) is 0 Å². The summed E-state index contributed by atoms with van der Waals surface area (Å²) in [5, 5.41) is 4.08. The number of carbonyl (C=O) groups is 1. The molecule has 2 saturated heterocycles. The minimum Gasteiger partial charge on any atom is -0.361 e. The van der Waals surface area contributed by atoms with Crippen LogP contribution in [0.15, 0.2) is 40.9 Å². The van der Waals surface area contributed by atoms with E-state index in [1.54, 1.807) is 0 Å². The summed E-state index contributed by atoms with van der Waals surface area (Å²) in [5.41, 5.74) is 2.40. The summed E-state index contributed by atoms with van der Waals surface area (Å²) >= 11 is 0. The number of carbonyl (C=O) groups excluding carboxylic acids is 1. The number of likely N-dealkylation sites (tertiary alicyclic amines) is 1. The molecule has 2 aromatic rings. The molecule has 29 heavy (non-hydrogen) atoms. The number of nitrogens with zero attached hydrogens (tertiary/aromatic N) is 4. The summed E-state index contributed by atoms with van der Waals surface area (Å²) in [6.45, 7) is 8.93. The Bertz CT molecular complexity index is 775. The highest BCUT2D eigenvalue weighted by Crippen LogP contribution is 2.22. The Morgan fingerprint density at radius 3 is 2.38 bits per heavy atom. The molecule has 6 heteroatoms. The van der Waals surface area contributed by atoms with Crippen LogP contribution in [0.2, 0.25) is 0 Å². The Kier molecular flexibility index (Phi) is 6.62. The predicted molar refractivity (Wildman–Crippen MR) is 112 cm³/mol. The normalized spacial score (nSPS) is 19.6. The van der Waals surface area contributed by atoms with Crippen molar-refractivity contribution in [2.45, 2.75) is 32.7 Å². The molecule has 1 amide bonds. The van der Waals surface area contributed by atoms with E-state index in [9.17, 15) is 4.79 Å². The maximum absolute atomic E-state index is 12.8. The molecule has 1 aromatic carbocycles. The minimum atomic E-state index is 0.295. The van der Waals surface area contributed by atoms with Gasteiger partial charge in [-0.15, -0.1) is 0 Å². The first-order chi connectivity index (χ1) is 14.2. The Hall–Kier alpha value is -2.18. The molecule has 6 nitrogen and oxygen atoms in total. The summed E-state index contributed by atoms with van der Waals surface area (Å²) in [5.74, 6) is 1.85. The number of hydrogen-bond acceptors (Lipinski definition) is 5. The van der Waals surface area contributed by atoms with E-state index in [4.69, 9.17) is 4.52 Å². The van der Waals surface area contributed by atoms with Gasteiger partial charge in [-0.3, -0.25) is 14.6 Å². The molecule has 2 aliphatic rings. The molecule has 0 unspecified atom stereocenters. The Labute approximate surface area is 173 Å². The summed E-state index contributed by atoms with van der Waals surface area (Å²) < 4.78 is 5.15. The lowest BCUT2D eigenvalue weighted by molar-refractivity contribution is -0.134. The largest absolute Gasteiger partial charge is 0.361 e. The summed E-state index contributed by atoms with van der Waals surface area (Å²) in [6, 6.07) is 12.7. The number of aryl methyl sites for hydroxylation is 1. The van der Waals surface area contributed by atoms with Gasteiger partial charge in [0.1, 0.15) is 5.76 Å². The number of aromatic nitrogens is 1. The van der Waals surface area contributed by atoms with Gasteiger partial charge in [0.2, 0.25) is 5.91 Å². The average Bonchev–Trinajstić information content (AvgIpc) is 3.15. The van der Waals surface area contributed by atoms with Gasteiger partial charge in [-0.2, -0.15) is 0 Å². The summed E-state index contributed by atoms with van der Waals surface area (Å²) in [6.07, 6.45) is 3.37. The second-order valence-electron chi connectivity index (χ2n) is 8.50. The van der Waals surface area contributed by atoms with Gasteiger partial charge in [-0.05, 0) is 37.7 Å². The van der Waals surface area contributed by atoms with Crippen molar-refractivity contribution in [1.82, 2.24) is 19.9 Å². The van der Waals surface area contributed by atoms with Crippen molar-refractivity contribution in [2.24, 2.45) is 5.92 Å². The lowest BCUT2D eigenvalue weighted by Gasteiger charge is -2.36. The van der Waals surface area contributed by atoms with Gasteiger partial charge < -0.3 is 9.42 Å². The smallest absolute Gasteiger partial charge is 0.236 e. The monoisotopic (exact) mass is 396 g/mol. The molecule has 4 rings (SSSR count). The van der Waals surface area contributed by atoms with E-state index >= 15 is 0 Å². The van der Waals surface area contributed by atoms with Crippen LogP contribution < -0.4 is 0 Å². The third-order valence-electron chi connectivity index (χ3n) is 6.22. The zero-order chi connectivity index (χ0) is 20.1. The van der Waals surface area contributed by atoms with E-state index in [0.717, 1.165) is 76.5 Å². The van der Waals surface area contributed by atoms with Crippen molar-refractivity contribution in [1.29, 1.82) is 0 Å². The van der Waals surface area contributed by atoms with Crippen molar-refractivity contribution in [2.75, 3.05) is 45.8 Å². The van der Waals surface area contributed by atoms with Gasteiger partial charge >= 0.3 is 0 Å². The SMILES string of the molecule is Cc1cc(CN2CCN(CC(=O)N3CCC(Cc4ccccc4)CC3)CC2)no1. The maximum atomic E-state index is 12.8. The van der Waals surface area contributed by atoms with Gasteiger partial charge in [0, 0.05) is 51.9 Å². The van der Waals surface area contributed by atoms with Crippen LogP contribution in [-0.2, 0) is 17.8 Å². The third-order valence-corrected chi connectivity index (χ3v) is 6.22. The number of rotatable bonds is 6. The molecule has 0 saturated carbocycles. The van der Waals surface area contributed by atoms with Gasteiger partial charge in [0.25, 0.3) is 0 Å². The molecule has 2 aliphatic heterocycles. The molecule has 0 atom stereocenters. The number of piperidine rings is 1. The molecule has 0 spiro atoms. The fourth-order valence-electron chi connectivity index (χ4n) is 4.45. The lowest BCUT2D eigenvalue weighted by atomic mass is 9.90. The van der Waals surface area contributed by atoms with Crippen LogP contribution in [0.5, 0.6) is 0 Å². The highest BCUT2D eigenvalue weighted by Gasteiger charge is 2.26. The quantitative estimate of drug-likeness (QED) is 0.751. The van der Waals surface area contributed by atoms with Crippen LogP contribution in [0.3, 0.4) is 0 Å². The maximum Gasteiger partial charge on any atom is 0.236 e. The van der Waals surface area contributed by atoms with Crippen molar-refractivity contribution >= 4 is 5.91 Å². The number of benzene rings is 1. The van der Waals surface area contributed by atoms with Crippen LogP contribution in [-0.4, -0.2) is 71.6 Å². The predicted octanol–water partition coefficient (Wildman–Crippen LogP) is 2.58. The second kappa shape index (κ2) is 9.55. The second-order valence-corrected chi connectivity index (χ2v) is 8.50. The van der Waals surface area contributed by atoms with Crippen molar-refractivity contribution < 1.29 is 9.32 Å². The fourth-order valence-corrected chi connectivity index (χ4v) is 4.45. The number of hydrogen-bond donors (Lipinski definition) is 0. The van der Waals surface area contributed by atoms with Crippen molar-refractivity contribution in [3.05, 3.63) is 53.4 Å². The first-order valence-corrected chi connectivity index (χ1v) is 10.8. The highest BCUT2D eigenvalue weighted by atomic mass is 16.5. The third kappa shape index (κ3) is 5.67. The molecule has 0 radical (unpaired) electrons. The first-order valence-electron chi connectivity index (χ1n) is 10.8. The molecule has 0 bridgehead atoms. The van der Waals surface area contributed by atoms with Crippen LogP contribution in [0, 0.1) is 12.8 Å². The zero-order valence-electron chi connectivity index (χ0n) is 17.4. The molecule has 3 heterocycles. The van der Waals surface area contributed by atoms with E-state index in [1.807, 2.05) is 13.0 Å². The van der Waals surface area contributed by atoms with E-state index in [1.165, 1.54) is 5.56 Å². The van der Waals surface area contributed by atoms with Crippen LogP contribution in [0.1, 0.15) is 29.9 Å². The molecule has 0 N–H and O–H groups in total. The minimum absolute atomic E-state index is 0.295. The molecule has 156 valence electrons. The fraction of sp³-hybridized carbons (Fsp3) is 0.565. The number of piperazine rings is 1. The Morgan fingerprint density at radius 2 is 1.72 bits per heavy atom. The molecule has 2 fully saturated rings. The molecular formula is C23H32N4O2. The van der Waals surface area contributed by atoms with Gasteiger partial charge in [0.05, 0.1) is 12.2 Å². The van der Waals surface area contributed by atoms with E-state index in [-0.39, 0.29) is 0 Å². The van der Waals surface area contributed by atoms with Crippen molar-refractivity contribution in [3.8, 4) is 0 Å². The molecule has 1 aromatic heterocycles. The van der Waals surface area contributed by atoms with E-state index < -0.39 is 0 Å². The van der Waals surface area contributed by atoms with Gasteiger partial charge in [0.15, 0.2) is 0 Å². The van der Waals surface area contributed by atoms with Crippen LogP contribution >= 0.6 is 0 Å². The zero-order valence-corrected chi connectivity index (χ0v) is 17.4. The summed E-state index contributed by atoms with van der Waals surface area (Å²) in [7, 11) is 0. The van der Waals surface area contributed by atoms with E-state index in [0.29, 0.717) is 18.4 Å². The van der Waals surface area contributed by atoms with Crippen LogP contribution in [0.25, 0.3) is 0 Å². The van der Waals surface area contributed by atoms with E-state index in [2.05, 4.69) is 50.2 Å². The molecule has 0 aliphatic carbocycles. The standard InChI is InChI=1S/C23H32N4O2/c1-19-15-22(24-29-19)17-25-11-13-26(14-12-25)18-23(28)27-9-7-21(8-10-27)16-20-5-3-2-4-6-20/h2-6,15,21H,7-14,16-18H2,1H3. The summed E-state index contributed by atoms with van der Waals surface area (Å²) in [4.78, 5) is 19.5. The lowest BCUT2D eigenvalue weighted by Crippen LogP contribution is -2.50.